The number of benzene rings is 3. The van der Waals surface area contributed by atoms with Crippen LogP contribution in [0.15, 0.2) is 95.6 Å². The van der Waals surface area contributed by atoms with Gasteiger partial charge in [0, 0.05) is 11.1 Å². The lowest BCUT2D eigenvalue weighted by atomic mass is 9.99. The van der Waals surface area contributed by atoms with Gasteiger partial charge in [-0.25, -0.2) is 9.07 Å². The molecular formula is C33H29FN4O5S. The number of amides is 2. The average molecular weight is 613 g/mol. The van der Waals surface area contributed by atoms with Gasteiger partial charge in [-0.1, -0.05) is 36.4 Å². The molecule has 0 unspecified atom stereocenters. The third kappa shape index (κ3) is 5.78. The summed E-state index contributed by atoms with van der Waals surface area (Å²) in [5, 5.41) is 7.48. The maximum atomic E-state index is 14.0. The van der Waals surface area contributed by atoms with Gasteiger partial charge in [0.25, 0.3) is 0 Å². The van der Waals surface area contributed by atoms with Crippen molar-refractivity contribution in [3.63, 3.8) is 0 Å². The summed E-state index contributed by atoms with van der Waals surface area (Å²) in [6, 6.07) is 24.7. The molecule has 1 aliphatic heterocycles. The highest BCUT2D eigenvalue weighted by molar-refractivity contribution is 8.00. The van der Waals surface area contributed by atoms with Crippen molar-refractivity contribution in [2.45, 2.75) is 11.8 Å². The number of nitrogens with zero attached hydrogens (tertiary/aromatic N) is 3. The number of carbonyl (C=O) groups is 2. The summed E-state index contributed by atoms with van der Waals surface area (Å²) in [6.07, 6.45) is 1.53. The maximum Gasteiger partial charge on any atom is 0.240 e. The number of halogens is 1. The van der Waals surface area contributed by atoms with E-state index in [1.165, 1.54) is 35.1 Å². The van der Waals surface area contributed by atoms with Crippen LogP contribution in [0.25, 0.3) is 16.9 Å². The number of hydrogen-bond acceptors (Lipinski definition) is 7. The molecule has 2 aromatic heterocycles. The summed E-state index contributed by atoms with van der Waals surface area (Å²) >= 11 is 1.43. The van der Waals surface area contributed by atoms with Crippen LogP contribution in [0.2, 0.25) is 0 Å². The Morgan fingerprint density at radius 2 is 1.80 bits per heavy atom. The third-order valence-electron chi connectivity index (χ3n) is 7.26. The SMILES string of the molecule is COc1ccc([C@H]2SCC(=O)N(CC(=O)NCc3ccco3)c3c2c(-c2ccccc2)nn3-c2ccc(F)cc2)cc1OC. The summed E-state index contributed by atoms with van der Waals surface area (Å²) in [5.74, 6) is 1.19. The van der Waals surface area contributed by atoms with E-state index in [0.29, 0.717) is 34.5 Å². The average Bonchev–Trinajstić information content (AvgIpc) is 3.69. The van der Waals surface area contributed by atoms with Crippen molar-refractivity contribution in [2.24, 2.45) is 0 Å². The fourth-order valence-electron chi connectivity index (χ4n) is 5.17. The van der Waals surface area contributed by atoms with E-state index < -0.39 is 5.82 Å². The van der Waals surface area contributed by atoms with Crippen molar-refractivity contribution >= 4 is 29.4 Å². The normalized spacial score (nSPS) is 14.6. The Kier molecular flexibility index (Phi) is 8.38. The Bertz CT molecular complexity index is 1770. The van der Waals surface area contributed by atoms with Gasteiger partial charge < -0.3 is 19.2 Å². The Morgan fingerprint density at radius 1 is 1.02 bits per heavy atom. The van der Waals surface area contributed by atoms with Crippen LogP contribution >= 0.6 is 11.8 Å². The predicted molar refractivity (Wildman–Crippen MR) is 166 cm³/mol. The van der Waals surface area contributed by atoms with Crippen LogP contribution in [-0.2, 0) is 16.1 Å². The Hall–Kier alpha value is -5.03. The van der Waals surface area contributed by atoms with Gasteiger partial charge >= 0.3 is 0 Å². The van der Waals surface area contributed by atoms with Gasteiger partial charge in [-0.15, -0.1) is 11.8 Å². The van der Waals surface area contributed by atoms with Crippen LogP contribution in [0.3, 0.4) is 0 Å². The van der Waals surface area contributed by atoms with Crippen molar-refractivity contribution in [2.75, 3.05) is 31.4 Å². The first-order valence-electron chi connectivity index (χ1n) is 13.8. The minimum atomic E-state index is -0.403. The summed E-state index contributed by atoms with van der Waals surface area (Å²) in [5.41, 5.74) is 3.60. The van der Waals surface area contributed by atoms with E-state index in [0.717, 1.165) is 16.7 Å². The van der Waals surface area contributed by atoms with E-state index in [-0.39, 0.29) is 35.9 Å². The third-order valence-corrected chi connectivity index (χ3v) is 8.51. The molecule has 6 rings (SSSR count). The molecule has 0 bridgehead atoms. The first-order chi connectivity index (χ1) is 21.5. The van der Waals surface area contributed by atoms with Crippen molar-refractivity contribution in [3.05, 3.63) is 114 Å². The largest absolute Gasteiger partial charge is 0.493 e. The molecule has 44 heavy (non-hydrogen) atoms. The Balaban J connectivity index is 1.54. The molecule has 1 atom stereocenters. The minimum absolute atomic E-state index is 0.0941. The summed E-state index contributed by atoms with van der Waals surface area (Å²) in [6.45, 7) is -0.0803. The smallest absolute Gasteiger partial charge is 0.240 e. The van der Waals surface area contributed by atoms with E-state index in [1.807, 2.05) is 48.5 Å². The highest BCUT2D eigenvalue weighted by Crippen LogP contribution is 2.49. The quantitative estimate of drug-likeness (QED) is 0.226. The lowest BCUT2D eigenvalue weighted by molar-refractivity contribution is -0.123. The van der Waals surface area contributed by atoms with Gasteiger partial charge in [-0.05, 0) is 54.1 Å². The predicted octanol–water partition coefficient (Wildman–Crippen LogP) is 5.77. The molecule has 0 saturated carbocycles. The molecular weight excluding hydrogens is 583 g/mol. The highest BCUT2D eigenvalue weighted by Gasteiger charge is 2.38. The van der Waals surface area contributed by atoms with Gasteiger partial charge in [-0.3, -0.25) is 14.5 Å². The van der Waals surface area contributed by atoms with E-state index in [9.17, 15) is 14.0 Å². The number of aromatic nitrogens is 2. The number of rotatable bonds is 9. The molecule has 0 spiro atoms. The maximum absolute atomic E-state index is 14.0. The zero-order chi connectivity index (χ0) is 30.6. The summed E-state index contributed by atoms with van der Waals surface area (Å²) < 4.78 is 32.1. The second kappa shape index (κ2) is 12.7. The molecule has 0 fully saturated rings. The van der Waals surface area contributed by atoms with Crippen LogP contribution in [0, 0.1) is 5.82 Å². The summed E-state index contributed by atoms with van der Waals surface area (Å²) in [7, 11) is 3.14. The standard InChI is InChI=1S/C33H29FN4O5S/c1-41-26-15-10-22(17-27(26)42-2)32-30-31(21-7-4-3-5-8-21)36-38(24-13-11-23(34)12-14-24)33(30)37(29(40)20-44-32)19-28(39)35-18-25-9-6-16-43-25/h3-17,32H,18-20H2,1-2H3,(H,35,39)/t32-/m1/s1. The van der Waals surface area contributed by atoms with Gasteiger partial charge in [0.15, 0.2) is 11.5 Å². The number of ether oxygens (including phenoxy) is 2. The molecule has 224 valence electrons. The zero-order valence-electron chi connectivity index (χ0n) is 24.0. The molecule has 3 aromatic carbocycles. The highest BCUT2D eigenvalue weighted by atomic mass is 32.2. The lowest BCUT2D eigenvalue weighted by Gasteiger charge is -2.23. The summed E-state index contributed by atoms with van der Waals surface area (Å²) in [4.78, 5) is 28.6. The van der Waals surface area contributed by atoms with E-state index in [1.54, 1.807) is 43.2 Å². The van der Waals surface area contributed by atoms with Crippen molar-refractivity contribution in [1.82, 2.24) is 15.1 Å². The van der Waals surface area contributed by atoms with Gasteiger partial charge in [0.1, 0.15) is 23.9 Å². The second-order valence-electron chi connectivity index (χ2n) is 9.98. The lowest BCUT2D eigenvalue weighted by Crippen LogP contribution is -2.42. The number of hydrogen-bond donors (Lipinski definition) is 1. The molecule has 1 aliphatic rings. The number of methoxy groups -OCH3 is 2. The minimum Gasteiger partial charge on any atom is -0.493 e. The number of anilines is 1. The molecule has 0 aliphatic carbocycles. The zero-order valence-corrected chi connectivity index (χ0v) is 24.8. The number of thioether (sulfide) groups is 1. The molecule has 0 radical (unpaired) electrons. The first kappa shape index (κ1) is 29.1. The first-order valence-corrected chi connectivity index (χ1v) is 14.9. The molecule has 11 heteroatoms. The molecule has 2 amide bonds. The molecule has 0 saturated heterocycles. The van der Waals surface area contributed by atoms with E-state index in [4.69, 9.17) is 19.0 Å². The fraction of sp³-hybridized carbons (Fsp3) is 0.182. The number of carbonyl (C=O) groups excluding carboxylic acids is 2. The monoisotopic (exact) mass is 612 g/mol. The van der Waals surface area contributed by atoms with Crippen molar-refractivity contribution in [3.8, 4) is 28.4 Å². The van der Waals surface area contributed by atoms with Crippen molar-refractivity contribution in [1.29, 1.82) is 0 Å². The van der Waals surface area contributed by atoms with E-state index >= 15 is 0 Å². The van der Waals surface area contributed by atoms with Crippen LogP contribution in [0.1, 0.15) is 22.1 Å². The number of furan rings is 1. The molecule has 5 aromatic rings. The van der Waals surface area contributed by atoms with Crippen LogP contribution < -0.4 is 19.7 Å². The second-order valence-corrected chi connectivity index (χ2v) is 11.1. The van der Waals surface area contributed by atoms with Gasteiger partial charge in [0.05, 0.1) is 49.4 Å². The Morgan fingerprint density at radius 3 is 2.50 bits per heavy atom. The van der Waals surface area contributed by atoms with Crippen molar-refractivity contribution < 1.29 is 27.9 Å². The molecule has 1 N–H and O–H groups in total. The van der Waals surface area contributed by atoms with E-state index in [2.05, 4.69) is 5.32 Å². The number of nitrogens with one attached hydrogen (secondary N) is 1. The van der Waals surface area contributed by atoms with Crippen LogP contribution in [0.5, 0.6) is 11.5 Å². The Labute approximate surface area is 257 Å². The van der Waals surface area contributed by atoms with Gasteiger partial charge in [0.2, 0.25) is 11.8 Å². The fourth-order valence-corrected chi connectivity index (χ4v) is 6.36. The molecule has 3 heterocycles. The number of fused-ring (bicyclic) bond motifs is 1. The van der Waals surface area contributed by atoms with Gasteiger partial charge in [-0.2, -0.15) is 5.10 Å². The topological polar surface area (TPSA) is 98.8 Å². The van der Waals surface area contributed by atoms with Crippen LogP contribution in [-0.4, -0.2) is 48.1 Å². The molecule has 9 nitrogen and oxygen atoms in total. The van der Waals surface area contributed by atoms with Crippen LogP contribution in [0.4, 0.5) is 10.2 Å².